The fourth-order valence-electron chi connectivity index (χ4n) is 1.88. The molecule has 12 heavy (non-hydrogen) atoms. The summed E-state index contributed by atoms with van der Waals surface area (Å²) >= 11 is 0. The Labute approximate surface area is 73.6 Å². The quantitative estimate of drug-likeness (QED) is 0.706. The van der Waals surface area contributed by atoms with Gasteiger partial charge < -0.3 is 5.73 Å². The molecule has 0 bridgehead atoms. The highest BCUT2D eigenvalue weighted by atomic mass is 14.7. The van der Waals surface area contributed by atoms with Gasteiger partial charge in [-0.1, -0.05) is 30.3 Å². The number of nitrogens with two attached hydrogens (primary N) is 1. The first-order valence-corrected chi connectivity index (χ1v) is 4.59. The second-order valence-corrected chi connectivity index (χ2v) is 3.78. The minimum Gasteiger partial charge on any atom is -0.328 e. The molecule has 1 saturated carbocycles. The zero-order chi connectivity index (χ0) is 8.55. The van der Waals surface area contributed by atoms with Crippen LogP contribution in [0, 0.1) is 5.92 Å². The fourth-order valence-corrected chi connectivity index (χ4v) is 1.88. The average molecular weight is 161 g/mol. The smallest absolute Gasteiger partial charge is 0.00448 e. The van der Waals surface area contributed by atoms with Crippen molar-refractivity contribution in [3.8, 4) is 0 Å². The van der Waals surface area contributed by atoms with E-state index in [0.29, 0.717) is 6.04 Å². The van der Waals surface area contributed by atoms with Gasteiger partial charge in [0.1, 0.15) is 0 Å². The van der Waals surface area contributed by atoms with Crippen molar-refractivity contribution in [1.82, 2.24) is 0 Å². The van der Waals surface area contributed by atoms with Gasteiger partial charge in [-0.25, -0.2) is 0 Å². The largest absolute Gasteiger partial charge is 0.328 e. The van der Waals surface area contributed by atoms with Gasteiger partial charge in [0.2, 0.25) is 0 Å². The van der Waals surface area contributed by atoms with Crippen LogP contribution in [-0.4, -0.2) is 6.04 Å². The van der Waals surface area contributed by atoms with Crippen LogP contribution in [0.5, 0.6) is 0 Å². The molecule has 0 aromatic heterocycles. The topological polar surface area (TPSA) is 26.0 Å². The molecule has 0 radical (unpaired) electrons. The maximum Gasteiger partial charge on any atom is 0.00448 e. The number of benzene rings is 1. The van der Waals surface area contributed by atoms with Gasteiger partial charge in [-0.3, -0.25) is 0 Å². The van der Waals surface area contributed by atoms with E-state index in [2.05, 4.69) is 37.3 Å². The minimum absolute atomic E-state index is 0.357. The molecular formula is C11H15N. The molecule has 64 valence electrons. The number of rotatable bonds is 2. The highest BCUT2D eigenvalue weighted by molar-refractivity contribution is 5.26. The summed E-state index contributed by atoms with van der Waals surface area (Å²) in [6, 6.07) is 11.0. The second kappa shape index (κ2) is 2.91. The molecule has 1 nitrogen and oxygen atoms in total. The van der Waals surface area contributed by atoms with Gasteiger partial charge in [0, 0.05) is 6.04 Å². The highest BCUT2D eigenvalue weighted by Crippen LogP contribution is 2.48. The molecule has 1 aliphatic carbocycles. The summed E-state index contributed by atoms with van der Waals surface area (Å²) in [7, 11) is 0. The lowest BCUT2D eigenvalue weighted by Crippen LogP contribution is -2.17. The Morgan fingerprint density at radius 2 is 2.00 bits per heavy atom. The van der Waals surface area contributed by atoms with Gasteiger partial charge in [0.15, 0.2) is 0 Å². The molecule has 1 aliphatic rings. The highest BCUT2D eigenvalue weighted by Gasteiger charge is 2.40. The molecule has 2 N–H and O–H groups in total. The summed E-state index contributed by atoms with van der Waals surface area (Å²) in [5, 5.41) is 0. The summed E-state index contributed by atoms with van der Waals surface area (Å²) in [5.41, 5.74) is 7.28. The van der Waals surface area contributed by atoms with Crippen molar-refractivity contribution in [2.75, 3.05) is 0 Å². The van der Waals surface area contributed by atoms with Crippen molar-refractivity contribution in [1.29, 1.82) is 0 Å². The van der Waals surface area contributed by atoms with Crippen molar-refractivity contribution in [2.45, 2.75) is 25.3 Å². The fraction of sp³-hybridized carbons (Fsp3) is 0.455. The third kappa shape index (κ3) is 1.37. The molecule has 1 aromatic rings. The second-order valence-electron chi connectivity index (χ2n) is 3.78. The van der Waals surface area contributed by atoms with E-state index in [4.69, 9.17) is 5.73 Å². The van der Waals surface area contributed by atoms with Gasteiger partial charge in [0.05, 0.1) is 0 Å². The Kier molecular flexibility index (Phi) is 1.89. The summed E-state index contributed by atoms with van der Waals surface area (Å²) < 4.78 is 0. The molecule has 1 unspecified atom stereocenters. The lowest BCUT2D eigenvalue weighted by atomic mass is 10.1. The van der Waals surface area contributed by atoms with Crippen LogP contribution in [0.25, 0.3) is 0 Å². The van der Waals surface area contributed by atoms with Crippen LogP contribution >= 0.6 is 0 Å². The minimum atomic E-state index is 0.357. The maximum absolute atomic E-state index is 5.83. The van der Waals surface area contributed by atoms with E-state index in [9.17, 15) is 0 Å². The lowest BCUT2D eigenvalue weighted by Gasteiger charge is -2.02. The summed E-state index contributed by atoms with van der Waals surface area (Å²) in [4.78, 5) is 0. The van der Waals surface area contributed by atoms with Crippen LogP contribution in [0.15, 0.2) is 30.3 Å². The Morgan fingerprint density at radius 3 is 2.50 bits per heavy atom. The van der Waals surface area contributed by atoms with Crippen molar-refractivity contribution in [3.05, 3.63) is 35.9 Å². The van der Waals surface area contributed by atoms with Crippen LogP contribution < -0.4 is 5.73 Å². The van der Waals surface area contributed by atoms with Crippen LogP contribution in [-0.2, 0) is 0 Å². The Morgan fingerprint density at radius 1 is 1.33 bits per heavy atom. The predicted octanol–water partition coefficient (Wildman–Crippen LogP) is 2.14. The SMILES string of the molecule is CC(N)[C@@H]1C[C@@H]1c1ccccc1. The molecule has 1 heteroatoms. The van der Waals surface area contributed by atoms with Crippen molar-refractivity contribution in [3.63, 3.8) is 0 Å². The number of hydrogen-bond donors (Lipinski definition) is 1. The van der Waals surface area contributed by atoms with E-state index in [1.54, 1.807) is 0 Å². The van der Waals surface area contributed by atoms with Crippen molar-refractivity contribution < 1.29 is 0 Å². The summed E-state index contributed by atoms with van der Waals surface area (Å²) in [6.45, 7) is 2.10. The van der Waals surface area contributed by atoms with Crippen LogP contribution in [0.3, 0.4) is 0 Å². The van der Waals surface area contributed by atoms with Crippen molar-refractivity contribution in [2.24, 2.45) is 11.7 Å². The zero-order valence-corrected chi connectivity index (χ0v) is 7.40. The first-order valence-electron chi connectivity index (χ1n) is 4.59. The Bertz CT molecular complexity index is 253. The molecule has 1 aromatic carbocycles. The van der Waals surface area contributed by atoms with Crippen molar-refractivity contribution >= 4 is 0 Å². The monoisotopic (exact) mass is 161 g/mol. The average Bonchev–Trinajstić information content (AvgIpc) is 2.84. The molecule has 0 saturated heterocycles. The molecular weight excluding hydrogens is 146 g/mol. The van der Waals surface area contributed by atoms with E-state index in [1.807, 2.05) is 0 Å². The van der Waals surface area contributed by atoms with Gasteiger partial charge in [-0.05, 0) is 30.7 Å². The van der Waals surface area contributed by atoms with E-state index < -0.39 is 0 Å². The molecule has 3 atom stereocenters. The first kappa shape index (κ1) is 7.81. The van der Waals surface area contributed by atoms with Gasteiger partial charge in [-0.2, -0.15) is 0 Å². The summed E-state index contributed by atoms with van der Waals surface area (Å²) in [5.74, 6) is 1.47. The third-order valence-electron chi connectivity index (χ3n) is 2.74. The Balaban J connectivity index is 2.06. The molecule has 0 aliphatic heterocycles. The summed E-state index contributed by atoms with van der Waals surface area (Å²) in [6.07, 6.45) is 1.28. The standard InChI is InChI=1S/C11H15N/c1-8(12)10-7-11(10)9-5-3-2-4-6-9/h2-6,8,10-11H,7,12H2,1H3/t8?,10-,11+/m0/s1. The van der Waals surface area contributed by atoms with Crippen LogP contribution in [0.4, 0.5) is 0 Å². The normalized spacial score (nSPS) is 29.8. The van der Waals surface area contributed by atoms with E-state index in [1.165, 1.54) is 12.0 Å². The molecule has 0 heterocycles. The van der Waals surface area contributed by atoms with E-state index >= 15 is 0 Å². The van der Waals surface area contributed by atoms with Crippen LogP contribution in [0.2, 0.25) is 0 Å². The number of hydrogen-bond acceptors (Lipinski definition) is 1. The molecule has 0 amide bonds. The van der Waals surface area contributed by atoms with E-state index in [0.717, 1.165) is 11.8 Å². The van der Waals surface area contributed by atoms with Gasteiger partial charge >= 0.3 is 0 Å². The van der Waals surface area contributed by atoms with Crippen LogP contribution in [0.1, 0.15) is 24.8 Å². The maximum atomic E-state index is 5.83. The predicted molar refractivity (Wildman–Crippen MR) is 50.9 cm³/mol. The third-order valence-corrected chi connectivity index (χ3v) is 2.74. The van der Waals surface area contributed by atoms with E-state index in [-0.39, 0.29) is 0 Å². The van der Waals surface area contributed by atoms with Gasteiger partial charge in [0.25, 0.3) is 0 Å². The molecule has 0 spiro atoms. The zero-order valence-electron chi connectivity index (χ0n) is 7.40. The van der Waals surface area contributed by atoms with Gasteiger partial charge in [-0.15, -0.1) is 0 Å². The molecule has 2 rings (SSSR count). The Hall–Kier alpha value is -0.820. The molecule has 1 fully saturated rings. The lowest BCUT2D eigenvalue weighted by molar-refractivity contribution is 0.631. The first-order chi connectivity index (χ1) is 5.79.